The van der Waals surface area contributed by atoms with Gasteiger partial charge in [0.2, 0.25) is 0 Å². The molecule has 0 heterocycles. The Hall–Kier alpha value is -2.23. The molecule has 0 aliphatic carbocycles. The average molecular weight is 261 g/mol. The average Bonchev–Trinajstić information content (AvgIpc) is 2.38. The summed E-state index contributed by atoms with van der Waals surface area (Å²) in [5.74, 6) is 0.318. The lowest BCUT2D eigenvalue weighted by Gasteiger charge is -2.12. The molecule has 2 aromatic carbocycles. The van der Waals surface area contributed by atoms with E-state index < -0.39 is 5.82 Å². The minimum absolute atomic E-state index is 0.0751. The van der Waals surface area contributed by atoms with Gasteiger partial charge in [0.25, 0.3) is 0 Å². The standard InChI is InChI=1S/C15H16FNO2/c1-10-6-7-14(18-2)11(8-10)9-19-15-12(16)4-3-5-13(15)17/h3-8H,9,17H2,1-2H3. The highest BCUT2D eigenvalue weighted by Gasteiger charge is 2.09. The van der Waals surface area contributed by atoms with Gasteiger partial charge in [-0.1, -0.05) is 17.7 Å². The molecular formula is C15H16FNO2. The number of ether oxygens (including phenoxy) is 2. The Morgan fingerprint density at radius 1 is 1.21 bits per heavy atom. The van der Waals surface area contributed by atoms with E-state index in [0.29, 0.717) is 5.75 Å². The Kier molecular flexibility index (Phi) is 3.90. The first kappa shape index (κ1) is 13.2. The number of halogens is 1. The number of rotatable bonds is 4. The van der Waals surface area contributed by atoms with Gasteiger partial charge >= 0.3 is 0 Å². The molecule has 2 aromatic rings. The first-order valence-electron chi connectivity index (χ1n) is 5.92. The van der Waals surface area contributed by atoms with Crippen LogP contribution in [0.1, 0.15) is 11.1 Å². The number of para-hydroxylation sites is 1. The summed E-state index contributed by atoms with van der Waals surface area (Å²) < 4.78 is 24.3. The Labute approximate surface area is 111 Å². The molecule has 0 saturated carbocycles. The summed E-state index contributed by atoms with van der Waals surface area (Å²) in [4.78, 5) is 0. The van der Waals surface area contributed by atoms with Gasteiger partial charge in [-0.3, -0.25) is 0 Å². The highest BCUT2D eigenvalue weighted by molar-refractivity contribution is 5.53. The van der Waals surface area contributed by atoms with Crippen molar-refractivity contribution in [3.63, 3.8) is 0 Å². The minimum Gasteiger partial charge on any atom is -0.496 e. The van der Waals surface area contributed by atoms with Crippen LogP contribution in [0.3, 0.4) is 0 Å². The monoisotopic (exact) mass is 261 g/mol. The topological polar surface area (TPSA) is 44.5 Å². The second-order valence-electron chi connectivity index (χ2n) is 4.26. The van der Waals surface area contributed by atoms with Crippen molar-refractivity contribution in [3.8, 4) is 11.5 Å². The van der Waals surface area contributed by atoms with E-state index in [4.69, 9.17) is 15.2 Å². The van der Waals surface area contributed by atoms with Crippen molar-refractivity contribution in [2.75, 3.05) is 12.8 Å². The lowest BCUT2D eigenvalue weighted by Crippen LogP contribution is -2.03. The molecule has 0 radical (unpaired) electrons. The van der Waals surface area contributed by atoms with Crippen LogP contribution in [0.25, 0.3) is 0 Å². The number of nitrogens with two attached hydrogens (primary N) is 1. The van der Waals surface area contributed by atoms with Gasteiger partial charge in [-0.05, 0) is 31.2 Å². The van der Waals surface area contributed by atoms with E-state index in [2.05, 4.69) is 0 Å². The van der Waals surface area contributed by atoms with Gasteiger partial charge in [0.15, 0.2) is 11.6 Å². The largest absolute Gasteiger partial charge is 0.496 e. The normalized spacial score (nSPS) is 10.3. The summed E-state index contributed by atoms with van der Waals surface area (Å²) in [6.07, 6.45) is 0. The summed E-state index contributed by atoms with van der Waals surface area (Å²) in [6, 6.07) is 10.2. The summed E-state index contributed by atoms with van der Waals surface area (Å²) in [7, 11) is 1.59. The predicted molar refractivity (Wildman–Crippen MR) is 72.9 cm³/mol. The number of anilines is 1. The molecule has 19 heavy (non-hydrogen) atoms. The van der Waals surface area contributed by atoms with Crippen LogP contribution in [0.15, 0.2) is 36.4 Å². The van der Waals surface area contributed by atoms with E-state index >= 15 is 0 Å². The second kappa shape index (κ2) is 5.61. The number of hydrogen-bond acceptors (Lipinski definition) is 3. The number of aryl methyl sites for hydroxylation is 1. The van der Waals surface area contributed by atoms with Gasteiger partial charge in [0.1, 0.15) is 12.4 Å². The minimum atomic E-state index is -0.466. The van der Waals surface area contributed by atoms with Crippen molar-refractivity contribution in [2.45, 2.75) is 13.5 Å². The summed E-state index contributed by atoms with van der Waals surface area (Å²) in [6.45, 7) is 2.18. The molecule has 0 unspecified atom stereocenters. The van der Waals surface area contributed by atoms with Crippen LogP contribution >= 0.6 is 0 Å². The van der Waals surface area contributed by atoms with Crippen molar-refractivity contribution in [3.05, 3.63) is 53.3 Å². The molecule has 2 N–H and O–H groups in total. The van der Waals surface area contributed by atoms with E-state index in [9.17, 15) is 4.39 Å². The van der Waals surface area contributed by atoms with Gasteiger partial charge in [-0.2, -0.15) is 0 Å². The van der Waals surface area contributed by atoms with Crippen molar-refractivity contribution in [1.82, 2.24) is 0 Å². The molecule has 0 aromatic heterocycles. The van der Waals surface area contributed by atoms with Gasteiger partial charge in [-0.15, -0.1) is 0 Å². The van der Waals surface area contributed by atoms with Crippen LogP contribution < -0.4 is 15.2 Å². The summed E-state index contributed by atoms with van der Waals surface area (Å²) >= 11 is 0. The molecule has 0 atom stereocenters. The highest BCUT2D eigenvalue weighted by atomic mass is 19.1. The van der Waals surface area contributed by atoms with E-state index in [1.807, 2.05) is 25.1 Å². The Morgan fingerprint density at radius 3 is 2.68 bits per heavy atom. The van der Waals surface area contributed by atoms with Crippen molar-refractivity contribution in [2.24, 2.45) is 0 Å². The highest BCUT2D eigenvalue weighted by Crippen LogP contribution is 2.27. The van der Waals surface area contributed by atoms with Crippen LogP contribution in [0, 0.1) is 12.7 Å². The number of hydrogen-bond donors (Lipinski definition) is 1. The summed E-state index contributed by atoms with van der Waals surface area (Å²) in [5, 5.41) is 0. The van der Waals surface area contributed by atoms with Gasteiger partial charge in [0.05, 0.1) is 12.8 Å². The number of methoxy groups -OCH3 is 1. The van der Waals surface area contributed by atoms with Crippen LogP contribution in [0.5, 0.6) is 11.5 Å². The Balaban J connectivity index is 2.21. The molecule has 0 spiro atoms. The fraction of sp³-hybridized carbons (Fsp3) is 0.200. The first-order chi connectivity index (χ1) is 9.11. The van der Waals surface area contributed by atoms with Gasteiger partial charge < -0.3 is 15.2 Å². The third-order valence-electron chi connectivity index (χ3n) is 2.81. The molecular weight excluding hydrogens is 245 g/mol. The fourth-order valence-electron chi connectivity index (χ4n) is 1.85. The van der Waals surface area contributed by atoms with Crippen LogP contribution in [-0.4, -0.2) is 7.11 Å². The molecule has 0 saturated heterocycles. The van der Waals surface area contributed by atoms with Crippen molar-refractivity contribution >= 4 is 5.69 Å². The van der Waals surface area contributed by atoms with Crippen LogP contribution in [0.2, 0.25) is 0 Å². The Bertz CT molecular complexity index is 564. The molecule has 3 nitrogen and oxygen atoms in total. The van der Waals surface area contributed by atoms with E-state index in [1.54, 1.807) is 19.2 Å². The molecule has 0 bridgehead atoms. The van der Waals surface area contributed by atoms with Crippen molar-refractivity contribution in [1.29, 1.82) is 0 Å². The van der Waals surface area contributed by atoms with Crippen molar-refractivity contribution < 1.29 is 13.9 Å². The maximum absolute atomic E-state index is 13.6. The third kappa shape index (κ3) is 2.96. The summed E-state index contributed by atoms with van der Waals surface area (Å²) in [5.41, 5.74) is 7.91. The molecule has 2 rings (SSSR count). The SMILES string of the molecule is COc1ccc(C)cc1COc1c(N)cccc1F. The molecule has 4 heteroatoms. The maximum atomic E-state index is 13.6. The zero-order valence-corrected chi connectivity index (χ0v) is 10.9. The van der Waals surface area contributed by atoms with E-state index in [-0.39, 0.29) is 18.0 Å². The number of benzene rings is 2. The molecule has 0 aliphatic heterocycles. The van der Waals surface area contributed by atoms with E-state index in [0.717, 1.165) is 11.1 Å². The van der Waals surface area contributed by atoms with Gasteiger partial charge in [-0.25, -0.2) is 4.39 Å². The second-order valence-corrected chi connectivity index (χ2v) is 4.26. The lowest BCUT2D eigenvalue weighted by molar-refractivity contribution is 0.284. The smallest absolute Gasteiger partial charge is 0.178 e. The van der Waals surface area contributed by atoms with Gasteiger partial charge in [0, 0.05) is 5.56 Å². The fourth-order valence-corrected chi connectivity index (χ4v) is 1.85. The zero-order valence-electron chi connectivity index (χ0n) is 10.9. The van der Waals surface area contributed by atoms with E-state index in [1.165, 1.54) is 6.07 Å². The molecule has 100 valence electrons. The molecule has 0 amide bonds. The maximum Gasteiger partial charge on any atom is 0.178 e. The quantitative estimate of drug-likeness (QED) is 0.859. The van der Waals surface area contributed by atoms with Crippen LogP contribution in [0.4, 0.5) is 10.1 Å². The first-order valence-corrected chi connectivity index (χ1v) is 5.92. The lowest BCUT2D eigenvalue weighted by atomic mass is 10.1. The van der Waals surface area contributed by atoms with Crippen LogP contribution in [-0.2, 0) is 6.61 Å². The predicted octanol–water partition coefficient (Wildman–Crippen LogP) is 3.30. The zero-order chi connectivity index (χ0) is 13.8. The Morgan fingerprint density at radius 2 is 2.00 bits per heavy atom. The third-order valence-corrected chi connectivity index (χ3v) is 2.81. The molecule has 0 aliphatic rings. The molecule has 0 fully saturated rings. The number of nitrogen functional groups attached to an aromatic ring is 1.